The molecule has 8 nitrogen and oxygen atoms in total. The normalized spacial score (nSPS) is 13.3. The Labute approximate surface area is 172 Å². The molecule has 1 aliphatic carbocycles. The Kier molecular flexibility index (Phi) is 6.68. The number of carbonyl (C=O) groups is 3. The molecule has 29 heavy (non-hydrogen) atoms. The van der Waals surface area contributed by atoms with Crippen LogP contribution in [0.15, 0.2) is 4.52 Å². The molecule has 0 aromatic carbocycles. The van der Waals surface area contributed by atoms with Gasteiger partial charge in [-0.2, -0.15) is 0 Å². The fraction of sp³-hybridized carbons (Fsp3) is 0.500. The summed E-state index contributed by atoms with van der Waals surface area (Å²) in [5, 5.41) is 6.91. The molecule has 0 atom stereocenters. The minimum absolute atomic E-state index is 0.155. The van der Waals surface area contributed by atoms with Gasteiger partial charge >= 0.3 is 11.9 Å². The van der Waals surface area contributed by atoms with Gasteiger partial charge in [0.1, 0.15) is 15.6 Å². The van der Waals surface area contributed by atoms with Gasteiger partial charge in [-0.1, -0.05) is 11.6 Å². The summed E-state index contributed by atoms with van der Waals surface area (Å²) in [6.07, 6.45) is 4.53. The van der Waals surface area contributed by atoms with Crippen LogP contribution in [0.4, 0.5) is 5.00 Å². The molecule has 2 heterocycles. The largest absolute Gasteiger partial charge is 0.462 e. The zero-order valence-corrected chi connectivity index (χ0v) is 17.6. The van der Waals surface area contributed by atoms with Gasteiger partial charge in [0.05, 0.1) is 18.8 Å². The van der Waals surface area contributed by atoms with Crippen molar-refractivity contribution >= 4 is 34.2 Å². The van der Waals surface area contributed by atoms with Crippen LogP contribution in [0.3, 0.4) is 0 Å². The number of hydrogen-bond acceptors (Lipinski definition) is 8. The number of carbonyl (C=O) groups excluding carboxylic acids is 3. The molecule has 0 unspecified atom stereocenters. The average molecular weight is 420 g/mol. The SMILES string of the molecule is CCOC(=O)c1sc(NC(=O)c2noc3c2CCCCC3)c(C(=O)OCC)c1C. The Hall–Kier alpha value is -2.68. The first kappa shape index (κ1) is 21.0. The first-order valence-electron chi connectivity index (χ1n) is 9.74. The third-order valence-electron chi connectivity index (χ3n) is 4.73. The van der Waals surface area contributed by atoms with Crippen LogP contribution in [0.2, 0.25) is 0 Å². The highest BCUT2D eigenvalue weighted by Gasteiger charge is 2.29. The molecule has 2 aromatic heterocycles. The van der Waals surface area contributed by atoms with E-state index in [0.717, 1.165) is 54.8 Å². The van der Waals surface area contributed by atoms with Gasteiger partial charge < -0.3 is 19.3 Å². The number of hydrogen-bond donors (Lipinski definition) is 1. The van der Waals surface area contributed by atoms with Crippen molar-refractivity contribution in [1.82, 2.24) is 5.16 Å². The third kappa shape index (κ3) is 4.34. The van der Waals surface area contributed by atoms with Crippen LogP contribution in [-0.4, -0.2) is 36.2 Å². The van der Waals surface area contributed by atoms with Crippen LogP contribution in [0.5, 0.6) is 0 Å². The molecule has 2 aromatic rings. The number of aryl methyl sites for hydroxylation is 1. The van der Waals surface area contributed by atoms with Gasteiger partial charge in [-0.05, 0) is 45.6 Å². The smallest absolute Gasteiger partial charge is 0.348 e. The second-order valence-electron chi connectivity index (χ2n) is 6.65. The monoisotopic (exact) mass is 420 g/mol. The molecular weight excluding hydrogens is 396 g/mol. The minimum atomic E-state index is -0.605. The van der Waals surface area contributed by atoms with Crippen molar-refractivity contribution < 1.29 is 28.4 Å². The maximum Gasteiger partial charge on any atom is 0.348 e. The number of aromatic nitrogens is 1. The summed E-state index contributed by atoms with van der Waals surface area (Å²) in [7, 11) is 0. The number of nitrogens with one attached hydrogen (secondary N) is 1. The molecule has 0 fully saturated rings. The van der Waals surface area contributed by atoms with E-state index in [0.29, 0.717) is 5.56 Å². The highest BCUT2D eigenvalue weighted by atomic mass is 32.1. The van der Waals surface area contributed by atoms with Crippen molar-refractivity contribution in [2.45, 2.75) is 52.9 Å². The van der Waals surface area contributed by atoms with Crippen LogP contribution < -0.4 is 5.32 Å². The molecule has 9 heteroatoms. The van der Waals surface area contributed by atoms with E-state index < -0.39 is 17.8 Å². The number of nitrogens with zero attached hydrogens (tertiary/aromatic N) is 1. The zero-order chi connectivity index (χ0) is 21.0. The number of fused-ring (bicyclic) bond motifs is 1. The van der Waals surface area contributed by atoms with E-state index in [9.17, 15) is 14.4 Å². The molecule has 1 N–H and O–H groups in total. The van der Waals surface area contributed by atoms with Crippen molar-refractivity contribution in [2.24, 2.45) is 0 Å². The van der Waals surface area contributed by atoms with Crippen LogP contribution in [-0.2, 0) is 22.3 Å². The molecule has 0 bridgehead atoms. The van der Waals surface area contributed by atoms with Crippen LogP contribution in [0.1, 0.15) is 80.5 Å². The van der Waals surface area contributed by atoms with Crippen LogP contribution in [0, 0.1) is 6.92 Å². The predicted molar refractivity (Wildman–Crippen MR) is 107 cm³/mol. The van der Waals surface area contributed by atoms with Gasteiger partial charge in [0.15, 0.2) is 5.69 Å². The van der Waals surface area contributed by atoms with Crippen molar-refractivity contribution in [3.05, 3.63) is 33.0 Å². The standard InChI is InChI=1S/C20H24N2O6S/c1-4-26-19(24)14-11(3)16(20(25)27-5-2)29-18(14)21-17(23)15-12-9-7-6-8-10-13(12)28-22-15/h4-10H2,1-3H3,(H,21,23). The summed E-state index contributed by atoms with van der Waals surface area (Å²) in [5.41, 5.74) is 1.61. The Balaban J connectivity index is 1.94. The molecule has 0 radical (unpaired) electrons. The summed E-state index contributed by atoms with van der Waals surface area (Å²) >= 11 is 0.990. The number of anilines is 1. The highest BCUT2D eigenvalue weighted by Crippen LogP contribution is 2.35. The van der Waals surface area contributed by atoms with Crippen molar-refractivity contribution in [2.75, 3.05) is 18.5 Å². The lowest BCUT2D eigenvalue weighted by atomic mass is 10.1. The Bertz CT molecular complexity index is 930. The van der Waals surface area contributed by atoms with Gasteiger partial charge in [0, 0.05) is 12.0 Å². The number of esters is 2. The maximum absolute atomic E-state index is 12.9. The highest BCUT2D eigenvalue weighted by molar-refractivity contribution is 7.18. The second-order valence-corrected chi connectivity index (χ2v) is 7.67. The quantitative estimate of drug-likeness (QED) is 0.557. The lowest BCUT2D eigenvalue weighted by molar-refractivity contribution is 0.0527. The number of amides is 1. The fourth-order valence-corrected chi connectivity index (χ4v) is 4.43. The van der Waals surface area contributed by atoms with Crippen molar-refractivity contribution in [3.63, 3.8) is 0 Å². The summed E-state index contributed by atoms with van der Waals surface area (Å²) in [6, 6.07) is 0. The topological polar surface area (TPSA) is 108 Å². The van der Waals surface area contributed by atoms with Gasteiger partial charge in [-0.15, -0.1) is 11.3 Å². The number of thiophene rings is 1. The molecule has 0 saturated heterocycles. The maximum atomic E-state index is 12.9. The molecule has 0 spiro atoms. The van der Waals surface area contributed by atoms with E-state index in [1.807, 2.05) is 0 Å². The Morgan fingerprint density at radius 1 is 1.07 bits per heavy atom. The van der Waals surface area contributed by atoms with Crippen LogP contribution >= 0.6 is 11.3 Å². The van der Waals surface area contributed by atoms with Gasteiger partial charge in [0.2, 0.25) is 0 Å². The molecule has 156 valence electrons. The van der Waals surface area contributed by atoms with E-state index >= 15 is 0 Å². The minimum Gasteiger partial charge on any atom is -0.462 e. The number of ether oxygens (including phenoxy) is 2. The Morgan fingerprint density at radius 2 is 1.76 bits per heavy atom. The fourth-order valence-electron chi connectivity index (χ4n) is 3.34. The Morgan fingerprint density at radius 3 is 2.48 bits per heavy atom. The van der Waals surface area contributed by atoms with E-state index in [1.54, 1.807) is 20.8 Å². The van der Waals surface area contributed by atoms with Crippen LogP contribution in [0.25, 0.3) is 0 Å². The zero-order valence-electron chi connectivity index (χ0n) is 16.8. The van der Waals surface area contributed by atoms with E-state index in [2.05, 4.69) is 10.5 Å². The first-order valence-corrected chi connectivity index (χ1v) is 10.6. The summed E-state index contributed by atoms with van der Waals surface area (Å²) in [5.74, 6) is -0.880. The van der Waals surface area contributed by atoms with Gasteiger partial charge in [-0.25, -0.2) is 9.59 Å². The third-order valence-corrected chi connectivity index (χ3v) is 5.92. The van der Waals surface area contributed by atoms with E-state index in [-0.39, 0.29) is 34.3 Å². The van der Waals surface area contributed by atoms with Gasteiger partial charge in [0.25, 0.3) is 5.91 Å². The lowest BCUT2D eigenvalue weighted by Gasteiger charge is -2.06. The second kappa shape index (κ2) is 9.21. The molecular formula is C20H24N2O6S. The molecule has 1 aliphatic rings. The molecule has 0 aliphatic heterocycles. The average Bonchev–Trinajstić information content (AvgIpc) is 3.14. The lowest BCUT2D eigenvalue weighted by Crippen LogP contribution is -2.16. The van der Waals surface area contributed by atoms with Gasteiger partial charge in [-0.3, -0.25) is 4.79 Å². The van der Waals surface area contributed by atoms with E-state index in [1.165, 1.54) is 0 Å². The first-order chi connectivity index (χ1) is 14.0. The molecule has 1 amide bonds. The number of rotatable bonds is 6. The summed E-state index contributed by atoms with van der Waals surface area (Å²) in [4.78, 5) is 37.9. The summed E-state index contributed by atoms with van der Waals surface area (Å²) in [6.45, 7) is 5.40. The summed E-state index contributed by atoms with van der Waals surface area (Å²) < 4.78 is 15.5. The molecule has 3 rings (SSSR count). The molecule has 0 saturated carbocycles. The predicted octanol–water partition coefficient (Wildman–Crippen LogP) is 3.92. The van der Waals surface area contributed by atoms with Crippen molar-refractivity contribution in [3.8, 4) is 0 Å². The van der Waals surface area contributed by atoms with Crippen molar-refractivity contribution in [1.29, 1.82) is 0 Å². The van der Waals surface area contributed by atoms with E-state index in [4.69, 9.17) is 14.0 Å².